The minimum absolute atomic E-state index is 0.0808. The Morgan fingerprint density at radius 3 is 2.96 bits per heavy atom. The average Bonchev–Trinajstić information content (AvgIpc) is 3.10. The molecule has 1 atom stereocenters. The van der Waals surface area contributed by atoms with E-state index in [4.69, 9.17) is 0 Å². The molecule has 1 saturated heterocycles. The predicted molar refractivity (Wildman–Crippen MR) is 96.5 cm³/mol. The van der Waals surface area contributed by atoms with Crippen LogP contribution in [-0.4, -0.2) is 46.4 Å². The number of rotatable bonds is 6. The van der Waals surface area contributed by atoms with Gasteiger partial charge in [-0.15, -0.1) is 0 Å². The van der Waals surface area contributed by atoms with Crippen molar-refractivity contribution in [1.29, 1.82) is 0 Å². The molecule has 132 valence electrons. The van der Waals surface area contributed by atoms with Crippen LogP contribution in [0, 0.1) is 5.92 Å². The van der Waals surface area contributed by atoms with Crippen LogP contribution in [0.5, 0.6) is 0 Å². The first-order valence-electron chi connectivity index (χ1n) is 9.12. The molecule has 0 unspecified atom stereocenters. The van der Waals surface area contributed by atoms with Crippen molar-refractivity contribution in [2.45, 2.75) is 31.8 Å². The van der Waals surface area contributed by atoms with Crippen molar-refractivity contribution in [3.05, 3.63) is 48.3 Å². The van der Waals surface area contributed by atoms with Crippen molar-refractivity contribution in [1.82, 2.24) is 25.3 Å². The number of amides is 2. The van der Waals surface area contributed by atoms with Gasteiger partial charge in [-0.2, -0.15) is 5.10 Å². The smallest absolute Gasteiger partial charge is 0.315 e. The second-order valence-electron chi connectivity index (χ2n) is 7.14. The van der Waals surface area contributed by atoms with Crippen LogP contribution >= 0.6 is 0 Å². The van der Waals surface area contributed by atoms with Crippen molar-refractivity contribution < 1.29 is 4.79 Å². The normalized spacial score (nSPS) is 20.6. The van der Waals surface area contributed by atoms with Gasteiger partial charge in [0.1, 0.15) is 0 Å². The van der Waals surface area contributed by atoms with Gasteiger partial charge < -0.3 is 15.5 Å². The summed E-state index contributed by atoms with van der Waals surface area (Å²) in [5.41, 5.74) is 2.06. The summed E-state index contributed by atoms with van der Waals surface area (Å²) in [5.74, 6) is 0.912. The van der Waals surface area contributed by atoms with E-state index in [1.54, 1.807) is 6.20 Å². The fourth-order valence-corrected chi connectivity index (χ4v) is 3.43. The highest BCUT2D eigenvalue weighted by molar-refractivity contribution is 5.74. The molecule has 1 saturated carbocycles. The second kappa shape index (κ2) is 7.27. The Morgan fingerprint density at radius 2 is 2.16 bits per heavy atom. The maximum Gasteiger partial charge on any atom is 0.315 e. The predicted octanol–water partition coefficient (Wildman–Crippen LogP) is 2.16. The lowest BCUT2D eigenvalue weighted by atomic mass is 10.2. The lowest BCUT2D eigenvalue weighted by Gasteiger charge is -2.16. The number of carbonyl (C=O) groups is 1. The number of benzene rings is 1. The fourth-order valence-electron chi connectivity index (χ4n) is 3.43. The Labute approximate surface area is 148 Å². The lowest BCUT2D eigenvalue weighted by Crippen LogP contribution is -2.43. The number of aromatic nitrogens is 2. The molecule has 6 nitrogen and oxygen atoms in total. The first kappa shape index (κ1) is 16.1. The second-order valence-corrected chi connectivity index (χ2v) is 7.14. The number of hydrogen-bond acceptors (Lipinski definition) is 3. The Bertz CT molecular complexity index is 710. The highest BCUT2D eigenvalue weighted by atomic mass is 16.2. The molecule has 1 aromatic heterocycles. The van der Waals surface area contributed by atoms with Crippen LogP contribution in [0.1, 0.15) is 24.8 Å². The Balaban J connectivity index is 1.24. The molecule has 2 N–H and O–H groups in total. The Hall–Kier alpha value is -2.34. The van der Waals surface area contributed by atoms with Crippen molar-refractivity contribution in [3.8, 4) is 5.69 Å². The zero-order chi connectivity index (χ0) is 17.1. The molecule has 2 aliphatic rings. The number of urea groups is 1. The van der Waals surface area contributed by atoms with Crippen molar-refractivity contribution in [2.24, 2.45) is 5.92 Å². The summed E-state index contributed by atoms with van der Waals surface area (Å²) in [5, 5.41) is 10.3. The molecule has 2 amide bonds. The molecule has 4 rings (SSSR count). The van der Waals surface area contributed by atoms with Gasteiger partial charge in [-0.1, -0.05) is 12.1 Å². The number of nitrogens with one attached hydrogen (secondary N) is 2. The van der Waals surface area contributed by atoms with Gasteiger partial charge in [0.25, 0.3) is 0 Å². The van der Waals surface area contributed by atoms with Gasteiger partial charge in [0.15, 0.2) is 0 Å². The first-order chi connectivity index (χ1) is 12.3. The summed E-state index contributed by atoms with van der Waals surface area (Å²) in [6, 6.07) is 10.1. The molecule has 0 bridgehead atoms. The maximum atomic E-state index is 12.2. The third kappa shape index (κ3) is 4.39. The zero-order valence-corrected chi connectivity index (χ0v) is 14.4. The highest BCUT2D eigenvalue weighted by Crippen LogP contribution is 2.30. The molecule has 2 heterocycles. The van der Waals surface area contributed by atoms with Crippen LogP contribution in [0.2, 0.25) is 0 Å². The van der Waals surface area contributed by atoms with E-state index in [9.17, 15) is 4.79 Å². The third-order valence-corrected chi connectivity index (χ3v) is 4.95. The Morgan fingerprint density at radius 1 is 1.24 bits per heavy atom. The zero-order valence-electron chi connectivity index (χ0n) is 14.4. The monoisotopic (exact) mass is 339 g/mol. The van der Waals surface area contributed by atoms with E-state index in [0.29, 0.717) is 6.54 Å². The van der Waals surface area contributed by atoms with Gasteiger partial charge in [-0.05, 0) is 48.9 Å². The first-order valence-corrected chi connectivity index (χ1v) is 9.12. The van der Waals surface area contributed by atoms with Crippen LogP contribution in [0.4, 0.5) is 4.79 Å². The largest absolute Gasteiger partial charge is 0.334 e. The third-order valence-electron chi connectivity index (χ3n) is 4.95. The molecule has 1 aliphatic carbocycles. The molecule has 0 radical (unpaired) electrons. The molecule has 2 fully saturated rings. The van der Waals surface area contributed by atoms with Gasteiger partial charge >= 0.3 is 6.03 Å². The van der Waals surface area contributed by atoms with Crippen LogP contribution < -0.4 is 10.6 Å². The van der Waals surface area contributed by atoms with Crippen molar-refractivity contribution in [3.63, 3.8) is 0 Å². The molecular formula is C19H25N5O. The SMILES string of the molecule is O=C(NCc1cccc(-n2cccn2)c1)N[C@@H]1CCN(CC2CC2)C1. The summed E-state index contributed by atoms with van der Waals surface area (Å²) in [7, 11) is 0. The van der Waals surface area contributed by atoms with E-state index in [1.807, 2.05) is 41.2 Å². The van der Waals surface area contributed by atoms with E-state index >= 15 is 0 Å². The number of hydrogen-bond donors (Lipinski definition) is 2. The van der Waals surface area contributed by atoms with Gasteiger partial charge in [0.05, 0.1) is 5.69 Å². The molecule has 6 heteroatoms. The number of likely N-dealkylation sites (tertiary alicyclic amines) is 1. The van der Waals surface area contributed by atoms with Crippen LogP contribution in [0.15, 0.2) is 42.7 Å². The van der Waals surface area contributed by atoms with E-state index < -0.39 is 0 Å². The molecule has 2 aromatic rings. The van der Waals surface area contributed by atoms with E-state index in [2.05, 4.69) is 20.6 Å². The number of nitrogens with zero attached hydrogens (tertiary/aromatic N) is 3. The minimum Gasteiger partial charge on any atom is -0.334 e. The summed E-state index contributed by atoms with van der Waals surface area (Å²) in [6.45, 7) is 3.81. The van der Waals surface area contributed by atoms with Crippen LogP contribution in [-0.2, 0) is 6.54 Å². The summed E-state index contributed by atoms with van der Waals surface area (Å²) in [6.07, 6.45) is 7.48. The molecular weight excluding hydrogens is 314 g/mol. The van der Waals surface area contributed by atoms with Crippen molar-refractivity contribution >= 4 is 6.03 Å². The quantitative estimate of drug-likeness (QED) is 0.848. The van der Waals surface area contributed by atoms with E-state index in [1.165, 1.54) is 19.4 Å². The minimum atomic E-state index is -0.0808. The van der Waals surface area contributed by atoms with E-state index in [0.717, 1.165) is 36.7 Å². The maximum absolute atomic E-state index is 12.2. The highest BCUT2D eigenvalue weighted by Gasteiger charge is 2.29. The lowest BCUT2D eigenvalue weighted by molar-refractivity contribution is 0.235. The van der Waals surface area contributed by atoms with Gasteiger partial charge in [-0.25, -0.2) is 9.48 Å². The average molecular weight is 339 g/mol. The van der Waals surface area contributed by atoms with Gasteiger partial charge in [-0.3, -0.25) is 0 Å². The molecule has 0 spiro atoms. The Kier molecular flexibility index (Phi) is 4.70. The van der Waals surface area contributed by atoms with Gasteiger partial charge in [0.2, 0.25) is 0 Å². The van der Waals surface area contributed by atoms with Crippen LogP contribution in [0.3, 0.4) is 0 Å². The van der Waals surface area contributed by atoms with Crippen LogP contribution in [0.25, 0.3) is 5.69 Å². The molecule has 25 heavy (non-hydrogen) atoms. The molecule has 1 aromatic carbocycles. The van der Waals surface area contributed by atoms with Gasteiger partial charge in [0, 0.05) is 44.6 Å². The topological polar surface area (TPSA) is 62.2 Å². The molecule has 1 aliphatic heterocycles. The fraction of sp³-hybridized carbons (Fsp3) is 0.474. The summed E-state index contributed by atoms with van der Waals surface area (Å²) >= 11 is 0. The number of carbonyl (C=O) groups excluding carboxylic acids is 1. The standard InChI is InChI=1S/C19H25N5O/c25-19(22-17-7-10-23(14-17)13-15-5-6-15)20-12-16-3-1-4-18(11-16)24-9-2-8-21-24/h1-4,8-9,11,15,17H,5-7,10,12-14H2,(H2,20,22,25)/t17-/m1/s1. The van der Waals surface area contributed by atoms with E-state index in [-0.39, 0.29) is 12.1 Å². The summed E-state index contributed by atoms with van der Waals surface area (Å²) < 4.78 is 1.82. The van der Waals surface area contributed by atoms with Crippen molar-refractivity contribution in [2.75, 3.05) is 19.6 Å². The summed E-state index contributed by atoms with van der Waals surface area (Å²) in [4.78, 5) is 14.7.